The Morgan fingerprint density at radius 2 is 1.74 bits per heavy atom. The molecule has 3 amide bonds. The lowest BCUT2D eigenvalue weighted by atomic mass is 10.0. The molecule has 0 radical (unpaired) electrons. The highest BCUT2D eigenvalue weighted by Gasteiger charge is 2.31. The van der Waals surface area contributed by atoms with Gasteiger partial charge in [-0.05, 0) is 56.2 Å². The molecule has 1 aromatic rings. The van der Waals surface area contributed by atoms with E-state index in [-0.39, 0.29) is 43.7 Å². The number of carbonyl (C=O) groups excluding carboxylic acids is 3. The molecule has 4 atom stereocenters. The van der Waals surface area contributed by atoms with Crippen LogP contribution in [0.2, 0.25) is 0 Å². The maximum Gasteiger partial charge on any atom is 0.326 e. The van der Waals surface area contributed by atoms with Crippen LogP contribution in [0.3, 0.4) is 0 Å². The van der Waals surface area contributed by atoms with Crippen molar-refractivity contribution in [1.29, 1.82) is 0 Å². The fraction of sp³-hybridized carbons (Fsp3) is 0.560. The van der Waals surface area contributed by atoms with E-state index in [9.17, 15) is 24.3 Å². The van der Waals surface area contributed by atoms with Gasteiger partial charge in [0.1, 0.15) is 18.1 Å². The third kappa shape index (κ3) is 11.0. The number of carbonyl (C=O) groups is 4. The first-order valence-corrected chi connectivity index (χ1v) is 14.1. The maximum atomic E-state index is 13.4. The number of benzene rings is 1. The first-order valence-electron chi connectivity index (χ1n) is 12.7. The molecule has 210 valence electrons. The molecular weight excluding hydrogens is 510 g/mol. The summed E-state index contributed by atoms with van der Waals surface area (Å²) in [5.41, 5.74) is 11.6. The summed E-state index contributed by atoms with van der Waals surface area (Å²) in [5, 5.41) is 20.7. The number of amides is 3. The highest BCUT2D eigenvalue weighted by molar-refractivity contribution is 7.98. The molecule has 1 fully saturated rings. The van der Waals surface area contributed by atoms with Gasteiger partial charge in [-0.15, -0.1) is 0 Å². The van der Waals surface area contributed by atoms with Crippen molar-refractivity contribution in [3.8, 4) is 0 Å². The van der Waals surface area contributed by atoms with E-state index in [1.165, 1.54) is 11.8 Å². The van der Waals surface area contributed by atoms with Gasteiger partial charge in [0.05, 0.1) is 6.04 Å². The molecule has 0 aromatic heterocycles. The van der Waals surface area contributed by atoms with E-state index in [1.807, 2.05) is 36.6 Å². The number of nitrogens with zero attached hydrogens (tertiary/aromatic N) is 1. The lowest BCUT2D eigenvalue weighted by Gasteiger charge is -2.25. The molecule has 13 heteroatoms. The number of aliphatic carboxylic acids is 1. The maximum absolute atomic E-state index is 13.4. The topological polar surface area (TPSA) is 201 Å². The molecule has 4 unspecified atom stereocenters. The molecule has 1 saturated heterocycles. The van der Waals surface area contributed by atoms with Crippen LogP contribution in [0.15, 0.2) is 35.3 Å². The fourth-order valence-corrected chi connectivity index (χ4v) is 4.52. The summed E-state index contributed by atoms with van der Waals surface area (Å²) in [6.45, 7) is 0.960. The number of thioether (sulfide) groups is 1. The Kier molecular flexibility index (Phi) is 13.4. The fourth-order valence-electron chi connectivity index (χ4n) is 4.05. The average molecular weight is 550 g/mol. The summed E-state index contributed by atoms with van der Waals surface area (Å²) in [7, 11) is 0. The van der Waals surface area contributed by atoms with Crippen LogP contribution in [-0.2, 0) is 25.6 Å². The number of hydrogen-bond donors (Lipinski definition) is 7. The van der Waals surface area contributed by atoms with Crippen molar-refractivity contribution in [2.75, 3.05) is 25.1 Å². The molecular formula is C25H39N7O5S. The van der Waals surface area contributed by atoms with Gasteiger partial charge >= 0.3 is 5.97 Å². The first kappa shape index (κ1) is 30.9. The van der Waals surface area contributed by atoms with Crippen LogP contribution >= 0.6 is 11.8 Å². The molecule has 38 heavy (non-hydrogen) atoms. The standard InChI is InChI=1S/C25H39N7O5S/c1-38-14-11-19(24(36)37)31-22(34)18(10-6-13-29-25(26)27)30-23(35)20(15-16-7-3-2-4-8-16)32-21(33)17-9-5-12-28-17/h2-4,7-8,17-20,28H,5-6,9-15H2,1H3,(H,30,35)(H,31,34)(H,32,33)(H,36,37)(H4,26,27,29). The second kappa shape index (κ2) is 16.5. The molecule has 0 saturated carbocycles. The van der Waals surface area contributed by atoms with Gasteiger partial charge in [0.15, 0.2) is 5.96 Å². The minimum atomic E-state index is -1.16. The van der Waals surface area contributed by atoms with E-state index in [4.69, 9.17) is 11.5 Å². The van der Waals surface area contributed by atoms with E-state index in [0.29, 0.717) is 18.6 Å². The Balaban J connectivity index is 2.18. The second-order valence-electron chi connectivity index (χ2n) is 9.09. The number of rotatable bonds is 16. The SMILES string of the molecule is CSCCC(NC(=O)C(CCCN=C(N)N)NC(=O)C(Cc1ccccc1)NC(=O)C1CCCN1)C(=O)O. The number of hydrogen-bond acceptors (Lipinski definition) is 7. The van der Waals surface area contributed by atoms with Gasteiger partial charge in [-0.25, -0.2) is 4.79 Å². The van der Waals surface area contributed by atoms with E-state index >= 15 is 0 Å². The van der Waals surface area contributed by atoms with Crippen molar-refractivity contribution in [3.05, 3.63) is 35.9 Å². The minimum absolute atomic E-state index is 0.0933. The number of nitrogens with one attached hydrogen (secondary N) is 4. The molecule has 1 aliphatic heterocycles. The van der Waals surface area contributed by atoms with E-state index in [0.717, 1.165) is 18.5 Å². The molecule has 1 heterocycles. The predicted molar refractivity (Wildman–Crippen MR) is 148 cm³/mol. The summed E-state index contributed by atoms with van der Waals surface area (Å²) in [6.07, 6.45) is 4.37. The van der Waals surface area contributed by atoms with Crippen molar-refractivity contribution in [3.63, 3.8) is 0 Å². The number of guanidine groups is 1. The monoisotopic (exact) mass is 549 g/mol. The van der Waals surface area contributed by atoms with Gasteiger partial charge in [-0.1, -0.05) is 30.3 Å². The van der Waals surface area contributed by atoms with E-state index in [2.05, 4.69) is 26.3 Å². The lowest BCUT2D eigenvalue weighted by Crippen LogP contribution is -2.57. The van der Waals surface area contributed by atoms with Crippen molar-refractivity contribution >= 4 is 41.4 Å². The summed E-state index contributed by atoms with van der Waals surface area (Å²) >= 11 is 1.47. The Labute approximate surface area is 227 Å². The second-order valence-corrected chi connectivity index (χ2v) is 10.1. The van der Waals surface area contributed by atoms with Crippen LogP contribution in [0.5, 0.6) is 0 Å². The van der Waals surface area contributed by atoms with Crippen LogP contribution < -0.4 is 32.7 Å². The van der Waals surface area contributed by atoms with Crippen LogP contribution in [-0.4, -0.2) is 84.0 Å². The number of carboxylic acids is 1. The van der Waals surface area contributed by atoms with Gasteiger partial charge < -0.3 is 37.8 Å². The molecule has 0 spiro atoms. The highest BCUT2D eigenvalue weighted by atomic mass is 32.2. The van der Waals surface area contributed by atoms with Crippen LogP contribution in [0.4, 0.5) is 0 Å². The zero-order chi connectivity index (χ0) is 27.9. The summed E-state index contributed by atoms with van der Waals surface area (Å²) in [5.74, 6) is -2.16. The number of carboxylic acid groups (broad SMARTS) is 1. The Morgan fingerprint density at radius 1 is 1.05 bits per heavy atom. The Hall–Kier alpha value is -3.32. The predicted octanol–water partition coefficient (Wildman–Crippen LogP) is -0.673. The van der Waals surface area contributed by atoms with Crippen molar-refractivity contribution in [2.24, 2.45) is 16.5 Å². The number of nitrogens with two attached hydrogens (primary N) is 2. The van der Waals surface area contributed by atoms with E-state index < -0.39 is 35.9 Å². The van der Waals surface area contributed by atoms with Crippen molar-refractivity contribution < 1.29 is 24.3 Å². The largest absolute Gasteiger partial charge is 0.480 e. The minimum Gasteiger partial charge on any atom is -0.480 e. The average Bonchev–Trinajstić information content (AvgIpc) is 3.43. The summed E-state index contributed by atoms with van der Waals surface area (Å²) < 4.78 is 0. The van der Waals surface area contributed by atoms with Gasteiger partial charge in [0.25, 0.3) is 0 Å². The molecule has 1 aromatic carbocycles. The highest BCUT2D eigenvalue weighted by Crippen LogP contribution is 2.10. The Bertz CT molecular complexity index is 953. The van der Waals surface area contributed by atoms with Gasteiger partial charge in [0.2, 0.25) is 17.7 Å². The van der Waals surface area contributed by atoms with Crippen LogP contribution in [0, 0.1) is 0 Å². The smallest absolute Gasteiger partial charge is 0.326 e. The molecule has 0 bridgehead atoms. The first-order chi connectivity index (χ1) is 18.2. The van der Waals surface area contributed by atoms with E-state index in [1.54, 1.807) is 0 Å². The molecule has 2 rings (SSSR count). The Morgan fingerprint density at radius 3 is 2.34 bits per heavy atom. The van der Waals surface area contributed by atoms with Gasteiger partial charge in [-0.3, -0.25) is 19.4 Å². The van der Waals surface area contributed by atoms with Crippen molar-refractivity contribution in [2.45, 2.75) is 62.7 Å². The molecule has 9 N–H and O–H groups in total. The zero-order valence-corrected chi connectivity index (χ0v) is 22.5. The normalized spacial score (nSPS) is 17.0. The lowest BCUT2D eigenvalue weighted by molar-refractivity contribution is -0.142. The van der Waals surface area contributed by atoms with Crippen molar-refractivity contribution in [1.82, 2.24) is 21.3 Å². The summed E-state index contributed by atoms with van der Waals surface area (Å²) in [6, 6.07) is 5.77. The van der Waals surface area contributed by atoms with Gasteiger partial charge in [-0.2, -0.15) is 11.8 Å². The van der Waals surface area contributed by atoms with Crippen LogP contribution in [0.25, 0.3) is 0 Å². The zero-order valence-electron chi connectivity index (χ0n) is 21.7. The molecule has 12 nitrogen and oxygen atoms in total. The quantitative estimate of drug-likeness (QED) is 0.0793. The third-order valence-corrected chi connectivity index (χ3v) is 6.74. The summed E-state index contributed by atoms with van der Waals surface area (Å²) in [4.78, 5) is 55.0. The third-order valence-electron chi connectivity index (χ3n) is 6.10. The van der Waals surface area contributed by atoms with Crippen LogP contribution in [0.1, 0.15) is 37.7 Å². The molecule has 1 aliphatic rings. The number of aliphatic imine (C=N–C) groups is 1. The molecule has 0 aliphatic carbocycles. The van der Waals surface area contributed by atoms with Gasteiger partial charge in [0, 0.05) is 13.0 Å².